The minimum absolute atomic E-state index is 0.128. The van der Waals surface area contributed by atoms with Gasteiger partial charge in [-0.2, -0.15) is 0 Å². The Labute approximate surface area is 396 Å². The fourth-order valence-corrected chi connectivity index (χ4v) is 10.1. The van der Waals surface area contributed by atoms with Crippen molar-refractivity contribution in [2.75, 3.05) is 27.3 Å². The topological polar surface area (TPSA) is 175 Å². The number of carbonyl (C=O) groups is 4. The van der Waals surface area contributed by atoms with Gasteiger partial charge in [-0.3, -0.25) is 9.59 Å². The maximum Gasteiger partial charge on any atom is 0.407 e. The molecule has 352 valence electrons. The van der Waals surface area contributed by atoms with E-state index in [0.717, 1.165) is 91.1 Å². The van der Waals surface area contributed by atoms with Crippen LogP contribution in [-0.4, -0.2) is 93.1 Å². The third-order valence-corrected chi connectivity index (χ3v) is 13.7. The lowest BCUT2D eigenvalue weighted by Gasteiger charge is -2.30. The largest absolute Gasteiger partial charge is 0.453 e. The van der Waals surface area contributed by atoms with Gasteiger partial charge in [0.1, 0.15) is 23.7 Å². The van der Waals surface area contributed by atoms with Crippen LogP contribution in [0.5, 0.6) is 0 Å². The van der Waals surface area contributed by atoms with E-state index in [1.165, 1.54) is 14.2 Å². The first-order chi connectivity index (χ1) is 32.7. The van der Waals surface area contributed by atoms with Crippen molar-refractivity contribution in [2.45, 2.75) is 78.6 Å². The minimum atomic E-state index is -0.716. The summed E-state index contributed by atoms with van der Waals surface area (Å²) in [6.07, 6.45) is 8.88. The van der Waals surface area contributed by atoms with Gasteiger partial charge in [-0.15, -0.1) is 0 Å². The molecule has 6 aromatic rings. The number of aromatic nitrogens is 4. The van der Waals surface area contributed by atoms with Crippen LogP contribution < -0.4 is 10.6 Å². The number of fused-ring (bicyclic) bond motifs is 2. The molecule has 4 aliphatic carbocycles. The zero-order valence-corrected chi connectivity index (χ0v) is 39.9. The Morgan fingerprint density at radius 1 is 0.588 bits per heavy atom. The molecule has 14 heteroatoms. The van der Waals surface area contributed by atoms with Gasteiger partial charge in [0.05, 0.1) is 48.4 Å². The molecule has 2 saturated heterocycles. The summed E-state index contributed by atoms with van der Waals surface area (Å²) < 4.78 is 9.67. The molecule has 2 fully saturated rings. The van der Waals surface area contributed by atoms with Crippen LogP contribution in [0, 0.1) is 23.7 Å². The molecule has 0 spiro atoms. The maximum absolute atomic E-state index is 13.9. The van der Waals surface area contributed by atoms with Gasteiger partial charge in [0.15, 0.2) is 0 Å². The third-order valence-electron chi connectivity index (χ3n) is 13.7. The molecule has 4 N–H and O–H groups in total. The van der Waals surface area contributed by atoms with E-state index in [0.29, 0.717) is 13.1 Å². The number of amides is 4. The second kappa shape index (κ2) is 18.8. The monoisotopic (exact) mass is 916 g/mol. The number of H-pyrrole nitrogens is 2. The first kappa shape index (κ1) is 45.9. The highest BCUT2D eigenvalue weighted by Crippen LogP contribution is 2.39. The average Bonchev–Trinajstić information content (AvgIpc) is 4.13. The van der Waals surface area contributed by atoms with E-state index < -0.39 is 24.3 Å². The highest BCUT2D eigenvalue weighted by molar-refractivity contribution is 5.93. The van der Waals surface area contributed by atoms with Crippen molar-refractivity contribution in [2.24, 2.45) is 23.7 Å². The minimum Gasteiger partial charge on any atom is -0.453 e. The van der Waals surface area contributed by atoms with Crippen LogP contribution in [-0.2, 0) is 19.1 Å². The van der Waals surface area contributed by atoms with Crippen LogP contribution in [0.2, 0.25) is 0 Å². The Morgan fingerprint density at radius 2 is 1.00 bits per heavy atom. The molecule has 14 nitrogen and oxygen atoms in total. The van der Waals surface area contributed by atoms with Crippen LogP contribution in [0.25, 0.3) is 68.6 Å². The smallest absolute Gasteiger partial charge is 0.407 e. The van der Waals surface area contributed by atoms with Crippen LogP contribution in [0.1, 0.15) is 100 Å². The number of hydrogen-bond acceptors (Lipinski definition) is 8. The molecule has 68 heavy (non-hydrogen) atoms. The van der Waals surface area contributed by atoms with Gasteiger partial charge >= 0.3 is 12.2 Å². The maximum atomic E-state index is 13.9. The molecule has 6 atom stereocenters. The molecule has 12 rings (SSSR count). The number of nitrogens with zero attached hydrogens (tertiary/aromatic N) is 4. The molecule has 6 aliphatic rings. The fraction of sp³-hybridized carbons (Fsp3) is 0.370. The Balaban J connectivity index is 0.980. The second-order valence-electron chi connectivity index (χ2n) is 19.5. The highest BCUT2D eigenvalue weighted by Gasteiger charge is 2.42. The lowest BCUT2D eigenvalue weighted by Crippen LogP contribution is -2.51. The fourth-order valence-electron chi connectivity index (χ4n) is 10.1. The summed E-state index contributed by atoms with van der Waals surface area (Å²) in [7, 11) is 2.60. The number of rotatable bonds is 10. The number of methoxy groups -OCH3 is 2. The molecule has 4 aromatic carbocycles. The van der Waals surface area contributed by atoms with Gasteiger partial charge in [-0.25, -0.2) is 19.6 Å². The van der Waals surface area contributed by atoms with Crippen LogP contribution in [0.15, 0.2) is 72.8 Å². The summed E-state index contributed by atoms with van der Waals surface area (Å²) in [5.74, 6) is 1.44. The summed E-state index contributed by atoms with van der Waals surface area (Å²) >= 11 is 0. The van der Waals surface area contributed by atoms with E-state index in [9.17, 15) is 19.2 Å². The molecule has 0 unspecified atom stereocenters. The molecule has 2 aromatic heterocycles. The van der Waals surface area contributed by atoms with Crippen molar-refractivity contribution in [3.8, 4) is 22.3 Å². The van der Waals surface area contributed by atoms with Crippen molar-refractivity contribution < 1.29 is 28.7 Å². The Bertz CT molecular complexity index is 2780. The number of hydrogen-bond donors (Lipinski definition) is 4. The van der Waals surface area contributed by atoms with Gasteiger partial charge in [-0.1, -0.05) is 102 Å². The summed E-state index contributed by atoms with van der Waals surface area (Å²) in [6, 6.07) is 23.6. The predicted octanol–water partition coefficient (Wildman–Crippen LogP) is 10.0. The SMILES string of the molecule is COC(=O)N[C@H](C(=O)N1C[C@H](C)C[C@H]1c1nc2ccc(-c3cc4ccc3C=Cc3ccc(c(-c5ccc6nc([C@@H]7C[C@@H](C)CN7C(=O)[C@@H](NC(=O)OC)C(C)C)[nH]c6c5)c3)/C=C\4)cc2[nH]1)C(C)C. The molecule has 4 heterocycles. The van der Waals surface area contributed by atoms with Gasteiger partial charge in [0, 0.05) is 13.1 Å². The first-order valence-electron chi connectivity index (χ1n) is 23.6. The van der Waals surface area contributed by atoms with Crippen molar-refractivity contribution in [3.05, 3.63) is 107 Å². The Kier molecular flexibility index (Phi) is 12.7. The summed E-state index contributed by atoms with van der Waals surface area (Å²) in [5, 5.41) is 5.49. The summed E-state index contributed by atoms with van der Waals surface area (Å²) in [6.45, 7) is 13.1. The van der Waals surface area contributed by atoms with Crippen LogP contribution >= 0.6 is 0 Å². The molecule has 0 saturated carbocycles. The van der Waals surface area contributed by atoms with E-state index in [1.807, 2.05) is 49.6 Å². The highest BCUT2D eigenvalue weighted by atomic mass is 16.5. The Hall–Kier alpha value is -7.22. The standard InChI is InChI=1S/C54H60N8O6/c1-29(2)47(59-53(65)67-7)51(63)61-27-31(5)21-45(61)49-55-41-19-17-37(25-43(41)57-49)39-23-33-9-13-35(39)15-11-34-10-14-36(16-12-33)40(24-34)38-18-20-42-44(26-38)58-50(56-42)46-22-32(6)28-62(46)52(64)48(30(3)4)60-54(66)68-8/h9-20,23-26,29-32,45-48H,21-22,27-28H2,1-8H3,(H,55,57)(H,56,58)(H,59,65)(H,60,66)/b15-11-,16-12?,33-12?,34-11?,35-15?,36-16?/t31-,32-,45+,46+,47+,48+/m1/s1. The molecular formula is C54H60N8O6. The van der Waals surface area contributed by atoms with Gasteiger partial charge in [0.25, 0.3) is 0 Å². The molecule has 4 bridgehead atoms. The van der Waals surface area contributed by atoms with E-state index in [1.54, 1.807) is 0 Å². The molecule has 2 aliphatic heterocycles. The number of imidazole rings is 2. The summed E-state index contributed by atoms with van der Waals surface area (Å²) in [5.41, 5.74) is 11.8. The lowest BCUT2D eigenvalue weighted by atomic mass is 9.92. The number of likely N-dealkylation sites (tertiary alicyclic amines) is 2. The molecule has 0 radical (unpaired) electrons. The van der Waals surface area contributed by atoms with Gasteiger partial charge in [-0.05, 0) is 117 Å². The van der Waals surface area contributed by atoms with E-state index in [-0.39, 0.29) is 47.6 Å². The normalized spacial score (nSPS) is 20.2. The zero-order valence-electron chi connectivity index (χ0n) is 39.9. The number of aromatic amines is 2. The molecule has 4 amide bonds. The third kappa shape index (κ3) is 9.11. The van der Waals surface area contributed by atoms with Gasteiger partial charge in [0.2, 0.25) is 11.8 Å². The lowest BCUT2D eigenvalue weighted by molar-refractivity contribution is -0.136. The second-order valence-corrected chi connectivity index (χ2v) is 19.5. The zero-order chi connectivity index (χ0) is 48.0. The van der Waals surface area contributed by atoms with Crippen molar-refractivity contribution in [1.29, 1.82) is 0 Å². The number of ether oxygens (including phenoxy) is 2. The van der Waals surface area contributed by atoms with E-state index in [4.69, 9.17) is 19.4 Å². The number of benzene rings is 4. The van der Waals surface area contributed by atoms with Crippen LogP contribution in [0.4, 0.5) is 9.59 Å². The van der Waals surface area contributed by atoms with Crippen molar-refractivity contribution in [1.82, 2.24) is 40.4 Å². The van der Waals surface area contributed by atoms with Gasteiger partial charge < -0.3 is 39.9 Å². The first-order valence-corrected chi connectivity index (χ1v) is 23.6. The number of alkyl carbamates (subject to hydrolysis) is 2. The van der Waals surface area contributed by atoms with Crippen LogP contribution in [0.3, 0.4) is 0 Å². The Morgan fingerprint density at radius 3 is 1.38 bits per heavy atom. The molecular weight excluding hydrogens is 857 g/mol. The quantitative estimate of drug-likeness (QED) is 0.105. The average molecular weight is 917 g/mol. The van der Waals surface area contributed by atoms with Crippen molar-refractivity contribution in [3.63, 3.8) is 0 Å². The van der Waals surface area contributed by atoms with E-state index in [2.05, 4.69) is 119 Å². The van der Waals surface area contributed by atoms with E-state index >= 15 is 0 Å². The number of nitrogens with one attached hydrogen (secondary N) is 4. The number of carbonyl (C=O) groups excluding carboxylic acids is 4. The predicted molar refractivity (Wildman–Crippen MR) is 266 cm³/mol. The summed E-state index contributed by atoms with van der Waals surface area (Å²) in [4.78, 5) is 73.1. The van der Waals surface area contributed by atoms with Crippen molar-refractivity contribution >= 4 is 70.4 Å².